The Morgan fingerprint density at radius 1 is 1.52 bits per heavy atom. The molecule has 0 spiro atoms. The van der Waals surface area contributed by atoms with Crippen molar-refractivity contribution in [1.29, 1.82) is 0 Å². The fourth-order valence-corrected chi connectivity index (χ4v) is 1.62. The van der Waals surface area contributed by atoms with E-state index < -0.39 is 5.83 Å². The smallest absolute Gasteiger partial charge is 0.327 e. The number of rotatable bonds is 7. The van der Waals surface area contributed by atoms with Crippen LogP contribution >= 0.6 is 0 Å². The molecular formula is C15H19FN4O. The highest BCUT2D eigenvalue weighted by molar-refractivity contribution is 5.58. The molecule has 0 aliphatic carbocycles. The van der Waals surface area contributed by atoms with E-state index in [1.807, 2.05) is 13.0 Å². The highest BCUT2D eigenvalue weighted by atomic mass is 19.1. The van der Waals surface area contributed by atoms with Crippen LogP contribution in [0.2, 0.25) is 0 Å². The van der Waals surface area contributed by atoms with Crippen LogP contribution in [-0.4, -0.2) is 20.9 Å². The van der Waals surface area contributed by atoms with Crippen LogP contribution in [-0.2, 0) is 6.54 Å². The number of hydrogen-bond acceptors (Lipinski definition) is 3. The lowest BCUT2D eigenvalue weighted by atomic mass is 10.2. The first-order valence-corrected chi connectivity index (χ1v) is 6.38. The van der Waals surface area contributed by atoms with Crippen molar-refractivity contribution < 1.29 is 4.39 Å². The van der Waals surface area contributed by atoms with Gasteiger partial charge in [-0.1, -0.05) is 25.3 Å². The first kappa shape index (κ1) is 16.6. The minimum atomic E-state index is -0.532. The quantitative estimate of drug-likeness (QED) is 0.617. The zero-order valence-electron chi connectivity index (χ0n) is 12.0. The van der Waals surface area contributed by atoms with E-state index in [9.17, 15) is 9.18 Å². The molecule has 1 aromatic rings. The number of allylic oxidation sites excluding steroid dienone is 7. The highest BCUT2D eigenvalue weighted by Crippen LogP contribution is 2.09. The van der Waals surface area contributed by atoms with E-state index in [-0.39, 0.29) is 11.4 Å². The number of hydrogen-bond donors (Lipinski definition) is 1. The Hall–Kier alpha value is -2.47. The van der Waals surface area contributed by atoms with Gasteiger partial charge in [0.2, 0.25) is 0 Å². The molecule has 0 bridgehead atoms. The molecule has 1 aromatic heterocycles. The molecular weight excluding hydrogens is 271 g/mol. The monoisotopic (exact) mass is 290 g/mol. The summed E-state index contributed by atoms with van der Waals surface area (Å²) in [6, 6.07) is 0. The molecule has 0 fully saturated rings. The van der Waals surface area contributed by atoms with Crippen LogP contribution in [0.15, 0.2) is 66.1 Å². The van der Waals surface area contributed by atoms with Crippen LogP contribution in [0, 0.1) is 0 Å². The Bertz CT molecular complexity index is 661. The molecule has 1 rings (SSSR count). The maximum absolute atomic E-state index is 13.5. The van der Waals surface area contributed by atoms with E-state index >= 15 is 0 Å². The minimum absolute atomic E-state index is 0.289. The average Bonchev–Trinajstić information content (AvgIpc) is 2.83. The molecule has 0 aliphatic rings. The largest absolute Gasteiger partial charge is 0.350 e. The Labute approximate surface area is 122 Å². The van der Waals surface area contributed by atoms with Crippen molar-refractivity contribution in [3.63, 3.8) is 0 Å². The molecule has 0 saturated heterocycles. The number of aromatic nitrogens is 3. The van der Waals surface area contributed by atoms with Crippen molar-refractivity contribution in [1.82, 2.24) is 14.3 Å². The molecule has 0 atom stereocenters. The maximum atomic E-state index is 13.5. The van der Waals surface area contributed by atoms with Gasteiger partial charge in [0.1, 0.15) is 12.2 Å². The van der Waals surface area contributed by atoms with E-state index in [1.165, 1.54) is 39.9 Å². The summed E-state index contributed by atoms with van der Waals surface area (Å²) in [6.07, 6.45) is 8.22. The van der Waals surface area contributed by atoms with Gasteiger partial charge in [-0.2, -0.15) is 5.10 Å². The Kier molecular flexibility index (Phi) is 6.29. The summed E-state index contributed by atoms with van der Waals surface area (Å²) >= 11 is 0. The maximum Gasteiger partial charge on any atom is 0.350 e. The molecule has 0 unspecified atom stereocenters. The van der Waals surface area contributed by atoms with Gasteiger partial charge in [-0.15, -0.1) is 0 Å². The zero-order chi connectivity index (χ0) is 15.8. The van der Waals surface area contributed by atoms with Crippen LogP contribution in [0.4, 0.5) is 4.39 Å². The second-order valence-electron chi connectivity index (χ2n) is 4.15. The minimum Gasteiger partial charge on any atom is -0.327 e. The molecule has 0 radical (unpaired) electrons. The first-order chi connectivity index (χ1) is 10.1. The molecule has 0 saturated carbocycles. The number of nitrogens with zero attached hydrogens (tertiary/aromatic N) is 3. The summed E-state index contributed by atoms with van der Waals surface area (Å²) in [5, 5.41) is 3.99. The van der Waals surface area contributed by atoms with Gasteiger partial charge in [-0.25, -0.2) is 18.4 Å². The molecule has 2 N–H and O–H groups in total. The van der Waals surface area contributed by atoms with E-state index in [1.54, 1.807) is 0 Å². The summed E-state index contributed by atoms with van der Waals surface area (Å²) in [7, 11) is 0. The topological polar surface area (TPSA) is 65.8 Å². The van der Waals surface area contributed by atoms with Crippen molar-refractivity contribution in [2.75, 3.05) is 6.54 Å². The highest BCUT2D eigenvalue weighted by Gasteiger charge is 2.08. The Morgan fingerprint density at radius 2 is 2.24 bits per heavy atom. The summed E-state index contributed by atoms with van der Waals surface area (Å²) in [6.45, 7) is 9.47. The van der Waals surface area contributed by atoms with Crippen LogP contribution in [0.3, 0.4) is 0 Å². The van der Waals surface area contributed by atoms with E-state index in [0.29, 0.717) is 13.1 Å². The second-order valence-corrected chi connectivity index (χ2v) is 4.15. The van der Waals surface area contributed by atoms with Crippen LogP contribution in [0.25, 0.3) is 5.70 Å². The summed E-state index contributed by atoms with van der Waals surface area (Å²) in [5.41, 5.74) is 6.34. The van der Waals surface area contributed by atoms with Crippen molar-refractivity contribution in [2.45, 2.75) is 13.5 Å². The van der Waals surface area contributed by atoms with Gasteiger partial charge < -0.3 is 5.73 Å². The molecule has 6 heteroatoms. The molecule has 112 valence electrons. The fraction of sp³-hybridized carbons (Fsp3) is 0.200. The predicted octanol–water partition coefficient (Wildman–Crippen LogP) is 2.02. The van der Waals surface area contributed by atoms with Gasteiger partial charge in [-0.3, -0.25) is 0 Å². The van der Waals surface area contributed by atoms with Crippen LogP contribution in [0.1, 0.15) is 6.92 Å². The number of halogens is 1. The first-order valence-electron chi connectivity index (χ1n) is 6.38. The van der Waals surface area contributed by atoms with Crippen LogP contribution < -0.4 is 11.4 Å². The summed E-state index contributed by atoms with van der Waals surface area (Å²) in [4.78, 5) is 12.2. The normalized spacial score (nSPS) is 13.4. The van der Waals surface area contributed by atoms with Gasteiger partial charge in [0.25, 0.3) is 0 Å². The van der Waals surface area contributed by atoms with Crippen molar-refractivity contribution in [3.8, 4) is 0 Å². The van der Waals surface area contributed by atoms with Crippen molar-refractivity contribution in [3.05, 3.63) is 71.7 Å². The molecule has 5 nitrogen and oxygen atoms in total. The van der Waals surface area contributed by atoms with E-state index in [2.05, 4.69) is 18.3 Å². The van der Waals surface area contributed by atoms with Gasteiger partial charge >= 0.3 is 5.69 Å². The zero-order valence-corrected chi connectivity index (χ0v) is 12.0. The summed E-state index contributed by atoms with van der Waals surface area (Å²) in [5.74, 6) is -0.532. The third kappa shape index (κ3) is 4.25. The van der Waals surface area contributed by atoms with Gasteiger partial charge in [0, 0.05) is 6.54 Å². The van der Waals surface area contributed by atoms with Crippen molar-refractivity contribution >= 4 is 5.70 Å². The third-order valence-electron chi connectivity index (χ3n) is 2.81. The SMILES string of the molecule is C=C/C=C(F)\C=C(/C=C)n1cnn(C/C(=C/C)CN)c1=O. The Morgan fingerprint density at radius 3 is 2.76 bits per heavy atom. The lowest BCUT2D eigenvalue weighted by Crippen LogP contribution is -2.26. The molecule has 21 heavy (non-hydrogen) atoms. The Balaban J connectivity index is 3.18. The fourth-order valence-electron chi connectivity index (χ4n) is 1.62. The van der Waals surface area contributed by atoms with E-state index in [0.717, 1.165) is 5.57 Å². The predicted molar refractivity (Wildman–Crippen MR) is 83.2 cm³/mol. The average molecular weight is 290 g/mol. The van der Waals surface area contributed by atoms with Gasteiger partial charge in [0.15, 0.2) is 0 Å². The molecule has 0 aliphatic heterocycles. The number of nitrogens with two attached hydrogens (primary N) is 1. The molecule has 0 amide bonds. The lowest BCUT2D eigenvalue weighted by Gasteiger charge is -2.03. The summed E-state index contributed by atoms with van der Waals surface area (Å²) < 4.78 is 16.0. The third-order valence-corrected chi connectivity index (χ3v) is 2.81. The lowest BCUT2D eigenvalue weighted by molar-refractivity contribution is 0.637. The van der Waals surface area contributed by atoms with Crippen molar-refractivity contribution in [2.24, 2.45) is 5.73 Å². The molecule has 0 aromatic carbocycles. The van der Waals surface area contributed by atoms with Gasteiger partial charge in [-0.05, 0) is 30.7 Å². The molecule has 1 heterocycles. The van der Waals surface area contributed by atoms with Gasteiger partial charge in [0.05, 0.1) is 12.2 Å². The second kappa shape index (κ2) is 7.96. The van der Waals surface area contributed by atoms with Crippen LogP contribution in [0.5, 0.6) is 0 Å². The standard InChI is InChI=1S/C15H19FN4O/c1-4-7-13(16)8-14(6-3)19-11-18-20(15(19)21)10-12(5-2)9-17/h4-8,11H,1,3,9-10,17H2,2H3/b12-5+,13-7+,14-8+. The van der Waals surface area contributed by atoms with E-state index in [4.69, 9.17) is 5.73 Å².